The number of benzene rings is 2. The van der Waals surface area contributed by atoms with Gasteiger partial charge >= 0.3 is 0 Å². The molecule has 2 heterocycles. The Bertz CT molecular complexity index is 1100. The van der Waals surface area contributed by atoms with E-state index in [9.17, 15) is 4.79 Å². The summed E-state index contributed by atoms with van der Waals surface area (Å²) in [6.07, 6.45) is 9.23. The van der Waals surface area contributed by atoms with Gasteiger partial charge in [-0.1, -0.05) is 30.3 Å². The number of H-pyrrole nitrogens is 1. The Morgan fingerprint density at radius 3 is 2.92 bits per heavy atom. The van der Waals surface area contributed by atoms with Crippen molar-refractivity contribution in [3.8, 4) is 0 Å². The van der Waals surface area contributed by atoms with Crippen LogP contribution < -0.4 is 0 Å². The number of para-hydroxylation sites is 1. The molecule has 26 heavy (non-hydrogen) atoms. The van der Waals surface area contributed by atoms with Crippen LogP contribution in [0.2, 0.25) is 0 Å². The van der Waals surface area contributed by atoms with Gasteiger partial charge in [0.05, 0.1) is 11.0 Å². The smallest absolute Gasteiger partial charge is 0.142 e. The molecule has 4 rings (SSSR count). The standard InChI is InChI=1S/C22H21N3O/c1-25-21-12-11-16(6-5-13-26)14-20(21)24-22(25)10-4-7-17-15-23-19-9-3-2-8-18(17)19/h2-3,5-6,8-9,11-15,23H,4,7,10H2,1H3/b6-5+. The van der Waals surface area contributed by atoms with Gasteiger partial charge in [-0.3, -0.25) is 4.79 Å². The number of aromatic amines is 1. The fourth-order valence-electron chi connectivity index (χ4n) is 3.52. The summed E-state index contributed by atoms with van der Waals surface area (Å²) in [6, 6.07) is 14.5. The summed E-state index contributed by atoms with van der Waals surface area (Å²) in [5.74, 6) is 1.09. The molecule has 1 N–H and O–H groups in total. The highest BCUT2D eigenvalue weighted by Gasteiger charge is 2.09. The molecule has 2 aromatic heterocycles. The minimum atomic E-state index is 0.790. The predicted octanol–water partition coefficient (Wildman–Crippen LogP) is 4.44. The van der Waals surface area contributed by atoms with Gasteiger partial charge in [-0.05, 0) is 48.2 Å². The van der Waals surface area contributed by atoms with Crippen molar-refractivity contribution < 1.29 is 4.79 Å². The van der Waals surface area contributed by atoms with E-state index in [1.165, 1.54) is 22.5 Å². The number of imidazole rings is 1. The van der Waals surface area contributed by atoms with Gasteiger partial charge in [-0.15, -0.1) is 0 Å². The largest absolute Gasteiger partial charge is 0.361 e. The van der Waals surface area contributed by atoms with Crippen molar-refractivity contribution in [3.63, 3.8) is 0 Å². The summed E-state index contributed by atoms with van der Waals surface area (Å²) >= 11 is 0. The number of carbonyl (C=O) groups excluding carboxylic acids is 1. The van der Waals surface area contributed by atoms with Gasteiger partial charge in [0, 0.05) is 30.6 Å². The number of fused-ring (bicyclic) bond motifs is 2. The van der Waals surface area contributed by atoms with Crippen molar-refractivity contribution >= 4 is 34.3 Å². The molecule has 0 saturated heterocycles. The zero-order valence-corrected chi connectivity index (χ0v) is 14.8. The fourth-order valence-corrected chi connectivity index (χ4v) is 3.52. The Kier molecular flexibility index (Phi) is 4.40. The Balaban J connectivity index is 1.51. The first-order chi connectivity index (χ1) is 12.8. The lowest BCUT2D eigenvalue weighted by atomic mass is 10.1. The van der Waals surface area contributed by atoms with Crippen LogP contribution in [0.3, 0.4) is 0 Å². The third-order valence-electron chi connectivity index (χ3n) is 4.89. The molecule has 0 unspecified atom stereocenters. The van der Waals surface area contributed by atoms with Crippen molar-refractivity contribution in [2.24, 2.45) is 7.05 Å². The quantitative estimate of drug-likeness (QED) is 0.415. The summed E-state index contributed by atoms with van der Waals surface area (Å²) < 4.78 is 2.16. The maximum atomic E-state index is 10.5. The molecule has 0 radical (unpaired) electrons. The van der Waals surface area contributed by atoms with Crippen molar-refractivity contribution in [2.75, 3.05) is 0 Å². The van der Waals surface area contributed by atoms with E-state index in [4.69, 9.17) is 4.98 Å². The molecule has 4 aromatic rings. The highest BCUT2D eigenvalue weighted by Crippen LogP contribution is 2.21. The zero-order valence-electron chi connectivity index (χ0n) is 14.8. The van der Waals surface area contributed by atoms with Gasteiger partial charge < -0.3 is 9.55 Å². The molecule has 0 fully saturated rings. The summed E-state index contributed by atoms with van der Waals surface area (Å²) in [5, 5.41) is 1.31. The first-order valence-electron chi connectivity index (χ1n) is 8.88. The molecule has 0 atom stereocenters. The van der Waals surface area contributed by atoms with Crippen LogP contribution in [-0.2, 0) is 24.7 Å². The monoisotopic (exact) mass is 343 g/mol. The minimum absolute atomic E-state index is 0.790. The second-order valence-corrected chi connectivity index (χ2v) is 6.54. The van der Waals surface area contributed by atoms with Gasteiger partial charge in [0.15, 0.2) is 0 Å². The van der Waals surface area contributed by atoms with Crippen molar-refractivity contribution in [1.82, 2.24) is 14.5 Å². The van der Waals surface area contributed by atoms with E-state index in [1.807, 2.05) is 12.1 Å². The minimum Gasteiger partial charge on any atom is -0.361 e. The third kappa shape index (κ3) is 3.06. The molecule has 4 nitrogen and oxygen atoms in total. The maximum absolute atomic E-state index is 10.5. The number of nitrogens with one attached hydrogen (secondary N) is 1. The van der Waals surface area contributed by atoms with Crippen LogP contribution in [-0.4, -0.2) is 20.8 Å². The van der Waals surface area contributed by atoms with Gasteiger partial charge in [0.25, 0.3) is 0 Å². The highest BCUT2D eigenvalue weighted by atomic mass is 16.1. The van der Waals surface area contributed by atoms with E-state index in [0.29, 0.717) is 0 Å². The van der Waals surface area contributed by atoms with Crippen molar-refractivity contribution in [3.05, 3.63) is 71.7 Å². The lowest BCUT2D eigenvalue weighted by Gasteiger charge is -2.03. The molecule has 0 saturated carbocycles. The predicted molar refractivity (Wildman–Crippen MR) is 106 cm³/mol. The summed E-state index contributed by atoms with van der Waals surface area (Å²) in [4.78, 5) is 18.6. The Morgan fingerprint density at radius 2 is 2.04 bits per heavy atom. The Labute approximate surface area is 152 Å². The lowest BCUT2D eigenvalue weighted by Crippen LogP contribution is -1.99. The van der Waals surface area contributed by atoms with E-state index in [1.54, 1.807) is 6.08 Å². The number of hydrogen-bond donors (Lipinski definition) is 1. The van der Waals surface area contributed by atoms with E-state index in [2.05, 4.69) is 53.1 Å². The number of aryl methyl sites for hydroxylation is 3. The number of nitrogens with zero attached hydrogens (tertiary/aromatic N) is 2. The van der Waals surface area contributed by atoms with Gasteiger partial charge in [-0.2, -0.15) is 0 Å². The van der Waals surface area contributed by atoms with Gasteiger partial charge in [-0.25, -0.2) is 4.98 Å². The van der Waals surface area contributed by atoms with Crippen molar-refractivity contribution in [1.29, 1.82) is 0 Å². The highest BCUT2D eigenvalue weighted by molar-refractivity contribution is 5.83. The zero-order chi connectivity index (χ0) is 17.9. The number of hydrogen-bond acceptors (Lipinski definition) is 2. The van der Waals surface area contributed by atoms with Crippen LogP contribution in [0.1, 0.15) is 23.4 Å². The molecule has 4 heteroatoms. The topological polar surface area (TPSA) is 50.7 Å². The van der Waals surface area contributed by atoms with E-state index < -0.39 is 0 Å². The molecule has 0 amide bonds. The molecule has 0 aliphatic carbocycles. The number of aldehydes is 1. The lowest BCUT2D eigenvalue weighted by molar-refractivity contribution is -0.104. The van der Waals surface area contributed by atoms with Crippen LogP contribution in [0.4, 0.5) is 0 Å². The molecule has 0 bridgehead atoms. The fraction of sp³-hybridized carbons (Fsp3) is 0.182. The Morgan fingerprint density at radius 1 is 1.15 bits per heavy atom. The van der Waals surface area contributed by atoms with E-state index >= 15 is 0 Å². The number of carbonyl (C=O) groups is 1. The summed E-state index contributed by atoms with van der Waals surface area (Å²) in [7, 11) is 2.07. The molecule has 0 aliphatic heterocycles. The van der Waals surface area contributed by atoms with E-state index in [0.717, 1.165) is 48.0 Å². The molecule has 130 valence electrons. The van der Waals surface area contributed by atoms with Crippen LogP contribution >= 0.6 is 0 Å². The summed E-state index contributed by atoms with van der Waals surface area (Å²) in [5.41, 5.74) is 5.65. The Hall–Kier alpha value is -3.14. The molecule has 0 spiro atoms. The number of allylic oxidation sites excluding steroid dienone is 1. The molecular weight excluding hydrogens is 322 g/mol. The number of aromatic nitrogens is 3. The van der Waals surface area contributed by atoms with Crippen molar-refractivity contribution in [2.45, 2.75) is 19.3 Å². The SMILES string of the molecule is Cn1c(CCCc2c[nH]c3ccccc23)nc2cc(/C=C/C=O)ccc21. The molecule has 2 aromatic carbocycles. The molecular formula is C22H21N3O. The second-order valence-electron chi connectivity index (χ2n) is 6.54. The summed E-state index contributed by atoms with van der Waals surface area (Å²) in [6.45, 7) is 0. The number of rotatable bonds is 6. The maximum Gasteiger partial charge on any atom is 0.142 e. The average Bonchev–Trinajstić information content (AvgIpc) is 3.21. The van der Waals surface area contributed by atoms with E-state index in [-0.39, 0.29) is 0 Å². The van der Waals surface area contributed by atoms with Crippen LogP contribution in [0.25, 0.3) is 28.0 Å². The third-order valence-corrected chi connectivity index (χ3v) is 4.89. The van der Waals surface area contributed by atoms with Crippen LogP contribution in [0.15, 0.2) is 54.7 Å². The first-order valence-corrected chi connectivity index (χ1v) is 8.88. The van der Waals surface area contributed by atoms with Crippen LogP contribution in [0, 0.1) is 0 Å². The van der Waals surface area contributed by atoms with Gasteiger partial charge in [0.2, 0.25) is 0 Å². The average molecular weight is 343 g/mol. The first kappa shape index (κ1) is 16.3. The van der Waals surface area contributed by atoms with Crippen LogP contribution in [0.5, 0.6) is 0 Å². The molecule has 0 aliphatic rings. The second kappa shape index (κ2) is 7.00. The van der Waals surface area contributed by atoms with Gasteiger partial charge in [0.1, 0.15) is 12.1 Å². The normalized spacial score (nSPS) is 11.7.